The minimum atomic E-state index is 0.0918. The first-order valence-electron chi connectivity index (χ1n) is 5.80. The highest BCUT2D eigenvalue weighted by Gasteiger charge is 2.07. The molecule has 4 nitrogen and oxygen atoms in total. The van der Waals surface area contributed by atoms with Crippen LogP contribution < -0.4 is 15.2 Å². The standard InChI is InChI=1S/C14H16N2O2/c1-10(2)17-12-5-3-4-6-13(12)18-14-8-7-11(15)9-16-14/h3-10H,15H2,1-2H3. The second kappa shape index (κ2) is 5.40. The van der Waals surface area contributed by atoms with Crippen LogP contribution in [0.2, 0.25) is 0 Å². The van der Waals surface area contributed by atoms with E-state index in [0.717, 1.165) is 0 Å². The number of hydrogen-bond acceptors (Lipinski definition) is 4. The van der Waals surface area contributed by atoms with Crippen molar-refractivity contribution in [2.75, 3.05) is 5.73 Å². The van der Waals surface area contributed by atoms with Crippen LogP contribution in [0.1, 0.15) is 13.8 Å². The molecule has 0 amide bonds. The minimum absolute atomic E-state index is 0.0918. The Labute approximate surface area is 106 Å². The molecule has 1 aromatic heterocycles. The van der Waals surface area contributed by atoms with Gasteiger partial charge in [0, 0.05) is 6.07 Å². The number of pyridine rings is 1. The van der Waals surface area contributed by atoms with Crippen molar-refractivity contribution in [3.05, 3.63) is 42.6 Å². The van der Waals surface area contributed by atoms with Crippen molar-refractivity contribution in [3.8, 4) is 17.4 Å². The van der Waals surface area contributed by atoms with Gasteiger partial charge in [0.05, 0.1) is 18.0 Å². The number of nitrogens with two attached hydrogens (primary N) is 1. The molecule has 0 fully saturated rings. The van der Waals surface area contributed by atoms with Crippen LogP contribution in [0.3, 0.4) is 0 Å². The Hall–Kier alpha value is -2.23. The summed E-state index contributed by atoms with van der Waals surface area (Å²) in [6.45, 7) is 3.94. The molecule has 0 bridgehead atoms. The molecular formula is C14H16N2O2. The summed E-state index contributed by atoms with van der Waals surface area (Å²) in [6.07, 6.45) is 1.65. The van der Waals surface area contributed by atoms with Crippen molar-refractivity contribution in [2.45, 2.75) is 20.0 Å². The van der Waals surface area contributed by atoms with Crippen LogP contribution in [0.15, 0.2) is 42.6 Å². The predicted octanol–water partition coefficient (Wildman–Crippen LogP) is 3.24. The van der Waals surface area contributed by atoms with E-state index < -0.39 is 0 Å². The lowest BCUT2D eigenvalue weighted by molar-refractivity contribution is 0.233. The summed E-state index contributed by atoms with van der Waals surface area (Å²) in [4.78, 5) is 4.09. The van der Waals surface area contributed by atoms with Crippen molar-refractivity contribution < 1.29 is 9.47 Å². The summed E-state index contributed by atoms with van der Waals surface area (Å²) in [7, 11) is 0. The highest BCUT2D eigenvalue weighted by Crippen LogP contribution is 2.31. The number of para-hydroxylation sites is 2. The monoisotopic (exact) mass is 244 g/mol. The molecule has 0 atom stereocenters. The Morgan fingerprint density at radius 3 is 2.39 bits per heavy atom. The van der Waals surface area contributed by atoms with Crippen molar-refractivity contribution >= 4 is 5.69 Å². The molecule has 0 aliphatic rings. The SMILES string of the molecule is CC(C)Oc1ccccc1Oc1ccc(N)cn1. The normalized spacial score (nSPS) is 10.4. The maximum absolute atomic E-state index is 5.67. The first kappa shape index (κ1) is 12.2. The largest absolute Gasteiger partial charge is 0.487 e. The first-order chi connectivity index (χ1) is 8.65. The van der Waals surface area contributed by atoms with Gasteiger partial charge < -0.3 is 15.2 Å². The smallest absolute Gasteiger partial charge is 0.219 e. The average Bonchev–Trinajstić information content (AvgIpc) is 2.34. The number of anilines is 1. The molecule has 0 spiro atoms. The number of nitrogen functional groups attached to an aromatic ring is 1. The highest BCUT2D eigenvalue weighted by atomic mass is 16.5. The van der Waals surface area contributed by atoms with E-state index in [1.807, 2.05) is 38.1 Å². The zero-order chi connectivity index (χ0) is 13.0. The molecule has 4 heteroatoms. The first-order valence-corrected chi connectivity index (χ1v) is 5.80. The van der Waals surface area contributed by atoms with Crippen LogP contribution in [0.5, 0.6) is 17.4 Å². The quantitative estimate of drug-likeness (QED) is 0.897. The number of aromatic nitrogens is 1. The number of rotatable bonds is 4. The van der Waals surface area contributed by atoms with Crippen LogP contribution in [0.4, 0.5) is 5.69 Å². The fourth-order valence-corrected chi connectivity index (χ4v) is 1.45. The molecule has 0 saturated heterocycles. The number of nitrogens with zero attached hydrogens (tertiary/aromatic N) is 1. The van der Waals surface area contributed by atoms with E-state index in [9.17, 15) is 0 Å². The molecule has 2 aromatic rings. The lowest BCUT2D eigenvalue weighted by atomic mass is 10.3. The summed E-state index contributed by atoms with van der Waals surface area (Å²) in [5.74, 6) is 1.83. The van der Waals surface area contributed by atoms with Gasteiger partial charge in [-0.3, -0.25) is 0 Å². The van der Waals surface area contributed by atoms with Crippen molar-refractivity contribution in [3.63, 3.8) is 0 Å². The molecule has 2 N–H and O–H groups in total. The molecule has 0 radical (unpaired) electrons. The van der Waals surface area contributed by atoms with Crippen LogP contribution in [-0.2, 0) is 0 Å². The Kier molecular flexibility index (Phi) is 3.67. The Balaban J connectivity index is 2.20. The third-order valence-corrected chi connectivity index (χ3v) is 2.19. The summed E-state index contributed by atoms with van der Waals surface area (Å²) in [6, 6.07) is 11.0. The van der Waals surface area contributed by atoms with E-state index in [1.54, 1.807) is 18.3 Å². The fraction of sp³-hybridized carbons (Fsp3) is 0.214. The molecule has 1 heterocycles. The number of benzene rings is 1. The number of hydrogen-bond donors (Lipinski definition) is 1. The van der Waals surface area contributed by atoms with Crippen LogP contribution in [0, 0.1) is 0 Å². The van der Waals surface area contributed by atoms with Crippen LogP contribution in [-0.4, -0.2) is 11.1 Å². The van der Waals surface area contributed by atoms with Gasteiger partial charge in [-0.25, -0.2) is 4.98 Å². The van der Waals surface area contributed by atoms with Gasteiger partial charge in [0.2, 0.25) is 5.88 Å². The van der Waals surface area contributed by atoms with E-state index in [4.69, 9.17) is 15.2 Å². The molecule has 1 aromatic carbocycles. The van der Waals surface area contributed by atoms with Gasteiger partial charge in [0.15, 0.2) is 11.5 Å². The molecule has 2 rings (SSSR count). The van der Waals surface area contributed by atoms with Gasteiger partial charge in [-0.05, 0) is 32.0 Å². The van der Waals surface area contributed by atoms with E-state index in [-0.39, 0.29) is 6.10 Å². The Bertz CT molecular complexity index is 509. The summed E-state index contributed by atoms with van der Waals surface area (Å²) < 4.78 is 11.3. The fourth-order valence-electron chi connectivity index (χ4n) is 1.45. The molecule has 94 valence electrons. The van der Waals surface area contributed by atoms with Gasteiger partial charge >= 0.3 is 0 Å². The third-order valence-electron chi connectivity index (χ3n) is 2.19. The molecular weight excluding hydrogens is 228 g/mol. The van der Waals surface area contributed by atoms with Gasteiger partial charge in [-0.2, -0.15) is 0 Å². The van der Waals surface area contributed by atoms with Crippen molar-refractivity contribution in [1.29, 1.82) is 0 Å². The second-order valence-electron chi connectivity index (χ2n) is 4.15. The highest BCUT2D eigenvalue weighted by molar-refractivity contribution is 5.43. The zero-order valence-electron chi connectivity index (χ0n) is 10.5. The lowest BCUT2D eigenvalue weighted by Crippen LogP contribution is -2.06. The predicted molar refractivity (Wildman–Crippen MR) is 70.9 cm³/mol. The van der Waals surface area contributed by atoms with Gasteiger partial charge in [0.1, 0.15) is 0 Å². The summed E-state index contributed by atoms with van der Waals surface area (Å²) in [5, 5.41) is 0. The Morgan fingerprint density at radius 1 is 1.06 bits per heavy atom. The van der Waals surface area contributed by atoms with Crippen LogP contribution in [0.25, 0.3) is 0 Å². The molecule has 0 unspecified atom stereocenters. The van der Waals surface area contributed by atoms with Crippen molar-refractivity contribution in [1.82, 2.24) is 4.98 Å². The zero-order valence-corrected chi connectivity index (χ0v) is 10.5. The molecule has 0 aliphatic carbocycles. The topological polar surface area (TPSA) is 57.4 Å². The average molecular weight is 244 g/mol. The summed E-state index contributed by atoms with van der Waals surface area (Å²) in [5.41, 5.74) is 6.18. The second-order valence-corrected chi connectivity index (χ2v) is 4.15. The summed E-state index contributed by atoms with van der Waals surface area (Å²) >= 11 is 0. The van der Waals surface area contributed by atoms with Gasteiger partial charge in [-0.15, -0.1) is 0 Å². The van der Waals surface area contributed by atoms with Crippen LogP contribution >= 0.6 is 0 Å². The maximum atomic E-state index is 5.67. The minimum Gasteiger partial charge on any atom is -0.487 e. The molecule has 0 saturated carbocycles. The number of ether oxygens (including phenoxy) is 2. The van der Waals surface area contributed by atoms with E-state index >= 15 is 0 Å². The lowest BCUT2D eigenvalue weighted by Gasteiger charge is -2.14. The molecule has 0 aliphatic heterocycles. The molecule has 18 heavy (non-hydrogen) atoms. The third kappa shape index (κ3) is 3.13. The maximum Gasteiger partial charge on any atom is 0.219 e. The van der Waals surface area contributed by atoms with Gasteiger partial charge in [0.25, 0.3) is 0 Å². The van der Waals surface area contributed by atoms with E-state index in [1.165, 1.54) is 0 Å². The van der Waals surface area contributed by atoms with Crippen molar-refractivity contribution in [2.24, 2.45) is 0 Å². The van der Waals surface area contributed by atoms with Gasteiger partial charge in [-0.1, -0.05) is 12.1 Å². The Morgan fingerprint density at radius 2 is 1.78 bits per heavy atom. The van der Waals surface area contributed by atoms with E-state index in [2.05, 4.69) is 4.98 Å². The van der Waals surface area contributed by atoms with E-state index in [0.29, 0.717) is 23.1 Å².